The topological polar surface area (TPSA) is 9.23 Å². The van der Waals surface area contributed by atoms with Crippen LogP contribution < -0.4 is 4.74 Å². The molecule has 0 saturated heterocycles. The van der Waals surface area contributed by atoms with Crippen molar-refractivity contribution >= 4 is 0 Å². The number of aryl methyl sites for hydroxylation is 2. The molecule has 0 heterocycles. The summed E-state index contributed by atoms with van der Waals surface area (Å²) in [4.78, 5) is 0. The molecule has 1 aliphatic carbocycles. The van der Waals surface area contributed by atoms with Gasteiger partial charge in [0.15, 0.2) is 11.6 Å². The van der Waals surface area contributed by atoms with Gasteiger partial charge in [0.2, 0.25) is 5.82 Å². The van der Waals surface area contributed by atoms with Crippen LogP contribution in [0, 0.1) is 17.6 Å². The highest BCUT2D eigenvalue weighted by Gasteiger charge is 2.23. The molecule has 1 saturated carbocycles. The van der Waals surface area contributed by atoms with E-state index in [1.807, 2.05) is 6.92 Å². The quantitative estimate of drug-likeness (QED) is 0.172. The maximum absolute atomic E-state index is 14.6. The highest BCUT2D eigenvalue weighted by atomic mass is 19.2. The first-order valence-corrected chi connectivity index (χ1v) is 14.5. The zero-order chi connectivity index (χ0) is 26.7. The Bertz CT molecular complexity index is 1160. The minimum Gasteiger partial charge on any atom is -0.490 e. The van der Waals surface area contributed by atoms with E-state index < -0.39 is 11.6 Å². The fraction of sp³-hybridized carbons (Fsp3) is 0.429. The van der Waals surface area contributed by atoms with Crippen LogP contribution in [0.2, 0.25) is 0 Å². The number of allylic oxidation sites excluding steroid dienone is 2. The van der Waals surface area contributed by atoms with Gasteiger partial charge in [0.1, 0.15) is 0 Å². The summed E-state index contributed by atoms with van der Waals surface area (Å²) < 4.78 is 34.4. The standard InChI is InChI=1S/C35H42F2O/c1-3-5-7-8-26-9-14-28(15-10-26)30-19-21-31(22-20-30)29-16-11-27(12-17-29)13-18-32-23-24-33(35(37)34(32)36)38-25-6-4-2/h3,5,9-10,14-15,19-24,27,29H,4,6-8,11-13,16-18,25H2,1-2H3/b5-3+. The molecule has 0 spiro atoms. The molecule has 0 aromatic heterocycles. The lowest BCUT2D eigenvalue weighted by molar-refractivity contribution is 0.287. The Hall–Kier alpha value is -2.94. The van der Waals surface area contributed by atoms with Crippen molar-refractivity contribution in [3.63, 3.8) is 0 Å². The van der Waals surface area contributed by atoms with E-state index >= 15 is 0 Å². The molecule has 1 aliphatic rings. The van der Waals surface area contributed by atoms with Crippen LogP contribution >= 0.6 is 0 Å². The fourth-order valence-corrected chi connectivity index (χ4v) is 5.58. The molecule has 0 aliphatic heterocycles. The maximum Gasteiger partial charge on any atom is 0.200 e. The lowest BCUT2D eigenvalue weighted by Gasteiger charge is -2.29. The van der Waals surface area contributed by atoms with E-state index in [4.69, 9.17) is 4.74 Å². The van der Waals surface area contributed by atoms with Crippen LogP contribution in [-0.2, 0) is 12.8 Å². The molecule has 0 radical (unpaired) electrons. The zero-order valence-electron chi connectivity index (χ0n) is 23.0. The van der Waals surface area contributed by atoms with Crippen LogP contribution in [0.1, 0.15) is 87.8 Å². The first kappa shape index (κ1) is 28.1. The molecule has 202 valence electrons. The van der Waals surface area contributed by atoms with Crippen LogP contribution in [0.5, 0.6) is 5.75 Å². The van der Waals surface area contributed by atoms with Crippen LogP contribution in [0.4, 0.5) is 8.78 Å². The van der Waals surface area contributed by atoms with Crippen molar-refractivity contribution in [3.05, 3.63) is 101 Å². The molecule has 0 bridgehead atoms. The Balaban J connectivity index is 1.25. The summed E-state index contributed by atoms with van der Waals surface area (Å²) in [7, 11) is 0. The van der Waals surface area contributed by atoms with E-state index in [0.29, 0.717) is 30.4 Å². The molecule has 0 N–H and O–H groups in total. The highest BCUT2D eigenvalue weighted by Crippen LogP contribution is 2.38. The van der Waals surface area contributed by atoms with E-state index in [1.165, 1.54) is 22.3 Å². The van der Waals surface area contributed by atoms with Gasteiger partial charge in [0.25, 0.3) is 0 Å². The van der Waals surface area contributed by atoms with E-state index in [9.17, 15) is 8.78 Å². The Morgan fingerprint density at radius 3 is 2.16 bits per heavy atom. The number of ether oxygens (including phenoxy) is 1. The van der Waals surface area contributed by atoms with Gasteiger partial charge in [-0.1, -0.05) is 80.1 Å². The zero-order valence-corrected chi connectivity index (χ0v) is 23.0. The molecule has 1 nitrogen and oxygen atoms in total. The SMILES string of the molecule is C/C=C/CCc1ccc(-c2ccc(C3CCC(CCc4ccc(OCCCC)c(F)c4F)CC3)cc2)cc1. The molecule has 0 unspecified atom stereocenters. The number of rotatable bonds is 12. The minimum atomic E-state index is -0.842. The van der Waals surface area contributed by atoms with Gasteiger partial charge in [-0.3, -0.25) is 0 Å². The van der Waals surface area contributed by atoms with Gasteiger partial charge in [0, 0.05) is 0 Å². The van der Waals surface area contributed by atoms with Crippen molar-refractivity contribution in [2.75, 3.05) is 6.61 Å². The highest BCUT2D eigenvalue weighted by molar-refractivity contribution is 5.64. The third-order valence-corrected chi connectivity index (χ3v) is 8.06. The lowest BCUT2D eigenvalue weighted by Crippen LogP contribution is -2.14. The summed E-state index contributed by atoms with van der Waals surface area (Å²) in [6.07, 6.45) is 14.4. The van der Waals surface area contributed by atoms with Crippen molar-refractivity contribution in [3.8, 4) is 16.9 Å². The van der Waals surface area contributed by atoms with Gasteiger partial charge in [0.05, 0.1) is 6.61 Å². The average molecular weight is 517 g/mol. The molecule has 4 rings (SSSR count). The molecule has 3 aromatic rings. The van der Waals surface area contributed by atoms with Gasteiger partial charge < -0.3 is 4.74 Å². The van der Waals surface area contributed by atoms with Crippen molar-refractivity contribution in [2.45, 2.75) is 84.0 Å². The third-order valence-electron chi connectivity index (χ3n) is 8.06. The number of benzene rings is 3. The second-order valence-corrected chi connectivity index (χ2v) is 10.7. The smallest absolute Gasteiger partial charge is 0.200 e. The first-order valence-electron chi connectivity index (χ1n) is 14.5. The molecular formula is C35H42F2O. The minimum absolute atomic E-state index is 0.0308. The van der Waals surface area contributed by atoms with Crippen LogP contribution in [0.3, 0.4) is 0 Å². The molecule has 3 heteroatoms. The summed E-state index contributed by atoms with van der Waals surface area (Å²) in [5.74, 6) is -0.395. The van der Waals surface area contributed by atoms with Crippen LogP contribution in [0.25, 0.3) is 11.1 Å². The Morgan fingerprint density at radius 1 is 0.816 bits per heavy atom. The summed E-state index contributed by atoms with van der Waals surface area (Å²) in [6.45, 7) is 4.53. The first-order chi connectivity index (χ1) is 18.6. The summed E-state index contributed by atoms with van der Waals surface area (Å²) in [5, 5.41) is 0. The third kappa shape index (κ3) is 7.56. The average Bonchev–Trinajstić information content (AvgIpc) is 2.96. The van der Waals surface area contributed by atoms with E-state index in [-0.39, 0.29) is 5.75 Å². The molecular weight excluding hydrogens is 474 g/mol. The van der Waals surface area contributed by atoms with E-state index in [1.54, 1.807) is 12.1 Å². The van der Waals surface area contributed by atoms with Crippen molar-refractivity contribution in [1.82, 2.24) is 0 Å². The molecule has 1 fully saturated rings. The fourth-order valence-electron chi connectivity index (χ4n) is 5.58. The lowest BCUT2D eigenvalue weighted by atomic mass is 9.76. The largest absolute Gasteiger partial charge is 0.490 e. The number of hydrogen-bond donors (Lipinski definition) is 0. The van der Waals surface area contributed by atoms with Crippen LogP contribution in [0.15, 0.2) is 72.8 Å². The summed E-state index contributed by atoms with van der Waals surface area (Å²) in [6, 6.07) is 21.3. The maximum atomic E-state index is 14.6. The summed E-state index contributed by atoms with van der Waals surface area (Å²) >= 11 is 0. The van der Waals surface area contributed by atoms with E-state index in [2.05, 4.69) is 67.6 Å². The number of halogens is 2. The second kappa shape index (κ2) is 14.3. The molecule has 3 aromatic carbocycles. The Morgan fingerprint density at radius 2 is 1.50 bits per heavy atom. The Kier molecular flexibility index (Phi) is 10.6. The molecule has 38 heavy (non-hydrogen) atoms. The van der Waals surface area contributed by atoms with E-state index in [0.717, 1.165) is 57.8 Å². The van der Waals surface area contributed by atoms with Crippen molar-refractivity contribution in [1.29, 1.82) is 0 Å². The van der Waals surface area contributed by atoms with Gasteiger partial charge in [-0.05, 0) is 110 Å². The van der Waals surface area contributed by atoms with Gasteiger partial charge in [-0.25, -0.2) is 4.39 Å². The number of unbranched alkanes of at least 4 members (excludes halogenated alkanes) is 1. The Labute approximate surface area is 227 Å². The van der Waals surface area contributed by atoms with Gasteiger partial charge in [-0.2, -0.15) is 4.39 Å². The van der Waals surface area contributed by atoms with Crippen molar-refractivity contribution in [2.24, 2.45) is 5.92 Å². The second-order valence-electron chi connectivity index (χ2n) is 10.7. The molecule has 0 atom stereocenters. The van der Waals surface area contributed by atoms with Gasteiger partial charge >= 0.3 is 0 Å². The van der Waals surface area contributed by atoms with Crippen LogP contribution in [-0.4, -0.2) is 6.61 Å². The van der Waals surface area contributed by atoms with Crippen molar-refractivity contribution < 1.29 is 13.5 Å². The normalized spacial score (nSPS) is 17.7. The predicted octanol–water partition coefficient (Wildman–Crippen LogP) is 10.2. The summed E-state index contributed by atoms with van der Waals surface area (Å²) in [5.41, 5.74) is 5.79. The molecule has 0 amide bonds. The monoisotopic (exact) mass is 516 g/mol. The number of hydrogen-bond acceptors (Lipinski definition) is 1. The predicted molar refractivity (Wildman–Crippen MR) is 155 cm³/mol. The van der Waals surface area contributed by atoms with Gasteiger partial charge in [-0.15, -0.1) is 0 Å².